The summed E-state index contributed by atoms with van der Waals surface area (Å²) in [5.41, 5.74) is 3.32. The Bertz CT molecular complexity index is 1990. The first-order valence-corrected chi connectivity index (χ1v) is 19.8. The Morgan fingerprint density at radius 1 is 0.877 bits per heavy atom. The Morgan fingerprint density at radius 3 is 2.09 bits per heavy atom. The van der Waals surface area contributed by atoms with Gasteiger partial charge in [0.1, 0.15) is 5.75 Å². The molecule has 13 heteroatoms. The van der Waals surface area contributed by atoms with Crippen LogP contribution in [0, 0.1) is 5.41 Å². The molecule has 2 aromatic carbocycles. The molecule has 1 N–H and O–H groups in total. The molecule has 4 aromatic rings. The van der Waals surface area contributed by atoms with E-state index in [1.807, 2.05) is 29.2 Å². The molecule has 3 atom stereocenters. The van der Waals surface area contributed by atoms with Crippen LogP contribution in [0.5, 0.6) is 5.75 Å². The van der Waals surface area contributed by atoms with Crippen LogP contribution in [0.25, 0.3) is 0 Å². The van der Waals surface area contributed by atoms with Crippen LogP contribution in [0.4, 0.5) is 32.3 Å². The van der Waals surface area contributed by atoms with Crippen molar-refractivity contribution in [2.75, 3.05) is 25.1 Å². The zero-order chi connectivity index (χ0) is 40.7. The van der Waals surface area contributed by atoms with E-state index >= 15 is 4.39 Å². The van der Waals surface area contributed by atoms with Crippen molar-refractivity contribution in [3.05, 3.63) is 111 Å². The van der Waals surface area contributed by atoms with E-state index < -0.39 is 42.0 Å². The second-order valence-electron chi connectivity index (χ2n) is 16.7. The number of nitrogens with zero attached hydrogens (tertiary/aromatic N) is 4. The quantitative estimate of drug-likeness (QED) is 0.160. The minimum Gasteiger partial charge on any atom is -0.497 e. The molecule has 2 aliphatic carbocycles. The topological polar surface area (TPSA) is 80.6 Å². The summed E-state index contributed by atoms with van der Waals surface area (Å²) in [7, 11) is 1.59. The standard InChI is InChI=1S/C44H50F6N4O3/c1-26(55)31-23-51-41(52-24-31)54-19-15-30(16-20-54)40-38(39(45)29-7-9-32(10-8-29)44(48,49)50)36(28-13-17-43(46,47)18-14-28)37-34(53-40)21-42(2,3)22-35(37)57-25-27-5-11-33(56-4)12-6-27/h5-12,23-24,26,28,30,35,39,55H,13-22,25H2,1-4H3/t26?,35-,39?/m0/s1. The maximum atomic E-state index is 17.7. The SMILES string of the molecule is COc1ccc(CO[C@H]2CC(C)(C)Cc3nc(C4CCN(c5ncc(C(C)O)cn5)CC4)c(C(F)c4ccc(C(F)(F)F)cc4)c(C4CCC(F)(F)CC4)c32)cc1. The Balaban J connectivity index is 1.34. The van der Waals surface area contributed by atoms with Gasteiger partial charge in [0.2, 0.25) is 11.9 Å². The number of alkyl halides is 6. The average molecular weight is 797 g/mol. The highest BCUT2D eigenvalue weighted by molar-refractivity contribution is 5.51. The van der Waals surface area contributed by atoms with Crippen molar-refractivity contribution in [3.63, 3.8) is 0 Å². The third-order valence-electron chi connectivity index (χ3n) is 12.0. The first-order valence-electron chi connectivity index (χ1n) is 19.8. The molecule has 0 bridgehead atoms. The van der Waals surface area contributed by atoms with Crippen molar-refractivity contribution in [3.8, 4) is 5.75 Å². The van der Waals surface area contributed by atoms with Crippen molar-refractivity contribution >= 4 is 5.95 Å². The normalized spacial score (nSPS) is 21.2. The number of rotatable bonds is 10. The van der Waals surface area contributed by atoms with Crippen LogP contribution >= 0.6 is 0 Å². The lowest BCUT2D eigenvalue weighted by atomic mass is 9.68. The summed E-state index contributed by atoms with van der Waals surface area (Å²) in [5.74, 6) is -2.31. The lowest BCUT2D eigenvalue weighted by Crippen LogP contribution is -2.36. The van der Waals surface area contributed by atoms with Gasteiger partial charge in [-0.05, 0) is 97.7 Å². The smallest absolute Gasteiger partial charge is 0.416 e. The number of pyridine rings is 1. The number of hydrogen-bond acceptors (Lipinski definition) is 7. The van der Waals surface area contributed by atoms with E-state index in [2.05, 4.69) is 23.8 Å². The summed E-state index contributed by atoms with van der Waals surface area (Å²) < 4.78 is 100. The predicted molar refractivity (Wildman–Crippen MR) is 204 cm³/mol. The van der Waals surface area contributed by atoms with Gasteiger partial charge < -0.3 is 19.5 Å². The van der Waals surface area contributed by atoms with Crippen molar-refractivity contribution < 1.29 is 40.9 Å². The number of ether oxygens (including phenoxy) is 2. The van der Waals surface area contributed by atoms with Gasteiger partial charge in [-0.3, -0.25) is 4.98 Å². The molecule has 2 unspecified atom stereocenters. The Hall–Kier alpha value is -4.23. The minimum atomic E-state index is -4.60. The fraction of sp³-hybridized carbons (Fsp3) is 0.523. The average Bonchev–Trinajstić information content (AvgIpc) is 3.18. The minimum absolute atomic E-state index is 0.0456. The van der Waals surface area contributed by atoms with Crippen molar-refractivity contribution in [1.29, 1.82) is 0 Å². The van der Waals surface area contributed by atoms with Crippen molar-refractivity contribution in [2.24, 2.45) is 5.41 Å². The van der Waals surface area contributed by atoms with Gasteiger partial charge in [0.05, 0.1) is 37.2 Å². The van der Waals surface area contributed by atoms with Gasteiger partial charge in [-0.15, -0.1) is 0 Å². The second-order valence-corrected chi connectivity index (χ2v) is 16.7. The molecule has 0 spiro atoms. The second kappa shape index (κ2) is 16.2. The molecule has 2 fully saturated rings. The van der Waals surface area contributed by atoms with E-state index in [4.69, 9.17) is 14.5 Å². The van der Waals surface area contributed by atoms with Crippen LogP contribution in [-0.2, 0) is 23.9 Å². The molecular formula is C44H50F6N4O3. The van der Waals surface area contributed by atoms with Gasteiger partial charge >= 0.3 is 6.18 Å². The van der Waals surface area contributed by atoms with Crippen LogP contribution in [0.1, 0.15) is 146 Å². The van der Waals surface area contributed by atoms with Crippen LogP contribution < -0.4 is 9.64 Å². The molecule has 7 rings (SSSR count). The van der Waals surface area contributed by atoms with Crippen LogP contribution in [0.2, 0.25) is 0 Å². The number of aromatic nitrogens is 3. The third-order valence-corrected chi connectivity index (χ3v) is 12.0. The number of aliphatic hydroxyl groups excluding tert-OH is 1. The monoisotopic (exact) mass is 796 g/mol. The summed E-state index contributed by atoms with van der Waals surface area (Å²) in [6, 6.07) is 11.6. The first-order chi connectivity index (χ1) is 27.0. The van der Waals surface area contributed by atoms with Gasteiger partial charge in [0, 0.05) is 66.6 Å². The molecule has 0 amide bonds. The molecule has 0 radical (unpaired) electrons. The van der Waals surface area contributed by atoms with Gasteiger partial charge in [-0.2, -0.15) is 13.2 Å². The van der Waals surface area contributed by atoms with Crippen molar-refractivity contribution in [2.45, 2.75) is 121 Å². The molecule has 7 nitrogen and oxygen atoms in total. The molecule has 3 aliphatic rings. The third kappa shape index (κ3) is 9.09. The number of hydrogen-bond donors (Lipinski definition) is 1. The number of aliphatic hydroxyl groups is 1. The molecule has 3 heterocycles. The number of methoxy groups -OCH3 is 1. The highest BCUT2D eigenvalue weighted by Crippen LogP contribution is 2.53. The maximum absolute atomic E-state index is 17.7. The molecule has 1 aliphatic heterocycles. The fourth-order valence-corrected chi connectivity index (χ4v) is 8.81. The number of anilines is 1. The number of benzene rings is 2. The molecule has 1 saturated heterocycles. The maximum Gasteiger partial charge on any atom is 0.416 e. The van der Waals surface area contributed by atoms with E-state index in [0.29, 0.717) is 67.3 Å². The summed E-state index contributed by atoms with van der Waals surface area (Å²) in [5, 5.41) is 9.93. The zero-order valence-corrected chi connectivity index (χ0v) is 32.8. The van der Waals surface area contributed by atoms with Gasteiger partial charge in [0.25, 0.3) is 0 Å². The lowest BCUT2D eigenvalue weighted by molar-refractivity contribution is -0.137. The van der Waals surface area contributed by atoms with Gasteiger partial charge in [-0.25, -0.2) is 23.1 Å². The zero-order valence-electron chi connectivity index (χ0n) is 32.8. The number of fused-ring (bicyclic) bond motifs is 1. The molecule has 1 saturated carbocycles. The van der Waals surface area contributed by atoms with Gasteiger partial charge in [0.15, 0.2) is 6.17 Å². The first kappa shape index (κ1) is 40.9. The molecule has 306 valence electrons. The van der Waals surface area contributed by atoms with Gasteiger partial charge in [-0.1, -0.05) is 38.1 Å². The van der Waals surface area contributed by atoms with E-state index in [0.717, 1.165) is 29.0 Å². The van der Waals surface area contributed by atoms with Crippen LogP contribution in [0.3, 0.4) is 0 Å². The largest absolute Gasteiger partial charge is 0.497 e. The summed E-state index contributed by atoms with van der Waals surface area (Å²) in [4.78, 5) is 16.3. The fourth-order valence-electron chi connectivity index (χ4n) is 8.81. The number of halogens is 6. The summed E-state index contributed by atoms with van der Waals surface area (Å²) in [6.07, 6.45) is -2.72. The van der Waals surface area contributed by atoms with Crippen LogP contribution in [-0.4, -0.2) is 46.2 Å². The molecular weight excluding hydrogens is 746 g/mol. The van der Waals surface area contributed by atoms with Crippen molar-refractivity contribution in [1.82, 2.24) is 15.0 Å². The predicted octanol–water partition coefficient (Wildman–Crippen LogP) is 10.9. The Labute approximate surface area is 329 Å². The van der Waals surface area contributed by atoms with E-state index in [1.165, 1.54) is 12.1 Å². The Morgan fingerprint density at radius 2 is 1.51 bits per heavy atom. The molecule has 57 heavy (non-hydrogen) atoms. The lowest BCUT2D eigenvalue weighted by Gasteiger charge is -2.42. The molecule has 2 aromatic heterocycles. The van der Waals surface area contributed by atoms with E-state index in [-0.39, 0.29) is 54.7 Å². The highest BCUT2D eigenvalue weighted by Gasteiger charge is 2.44. The summed E-state index contributed by atoms with van der Waals surface area (Å²) >= 11 is 0. The van der Waals surface area contributed by atoms with Crippen LogP contribution in [0.15, 0.2) is 60.9 Å². The van der Waals surface area contributed by atoms with E-state index in [1.54, 1.807) is 26.4 Å². The van der Waals surface area contributed by atoms with E-state index in [9.17, 15) is 27.1 Å². The highest BCUT2D eigenvalue weighted by atomic mass is 19.4. The summed E-state index contributed by atoms with van der Waals surface area (Å²) in [6.45, 7) is 7.20. The Kier molecular flexibility index (Phi) is 11.6. The number of piperidine rings is 1.